The number of nitrogens with zero attached hydrogens (tertiary/aromatic N) is 6. The molecule has 0 amide bonds. The summed E-state index contributed by atoms with van der Waals surface area (Å²) in [5.74, 6) is 2.04. The van der Waals surface area contributed by atoms with Gasteiger partial charge in [-0.1, -0.05) is 38.8 Å². The summed E-state index contributed by atoms with van der Waals surface area (Å²) in [6.07, 6.45) is 7.03. The lowest BCUT2D eigenvalue weighted by Gasteiger charge is -2.22. The van der Waals surface area contributed by atoms with Crippen LogP contribution in [0.3, 0.4) is 0 Å². The average Bonchev–Trinajstić information content (AvgIpc) is 3.49. The standard InChI is InChI=1S/C26H33N7/c1-4-10-19(11-5-2)28-25-17-23(32-14-8-9-15-32)30-24-16-22(31-33(24)25)26-18(3)27-20-12-6-7-13-21(20)29-26/h6-7,12-13,16-17,19,28H,4-5,8-11,14-15H2,1-3H3. The third-order valence-corrected chi connectivity index (χ3v) is 6.46. The molecule has 0 saturated carbocycles. The van der Waals surface area contributed by atoms with Crippen LogP contribution in [-0.4, -0.2) is 43.7 Å². The molecule has 0 radical (unpaired) electrons. The maximum absolute atomic E-state index is 4.99. The Morgan fingerprint density at radius 1 is 0.939 bits per heavy atom. The molecule has 4 aromatic rings. The summed E-state index contributed by atoms with van der Waals surface area (Å²) >= 11 is 0. The molecule has 0 spiro atoms. The van der Waals surface area contributed by atoms with Gasteiger partial charge >= 0.3 is 0 Å². The SMILES string of the molecule is CCCC(CCC)Nc1cc(N2CCCC2)nc2cc(-c3nc4ccccc4nc3C)nn12. The zero-order valence-electron chi connectivity index (χ0n) is 19.9. The highest BCUT2D eigenvalue weighted by Crippen LogP contribution is 2.28. The van der Waals surface area contributed by atoms with Crippen molar-refractivity contribution in [3.63, 3.8) is 0 Å². The first kappa shape index (κ1) is 21.6. The second-order valence-corrected chi connectivity index (χ2v) is 9.06. The van der Waals surface area contributed by atoms with Gasteiger partial charge in [-0.15, -0.1) is 0 Å². The number of hydrogen-bond acceptors (Lipinski definition) is 6. The van der Waals surface area contributed by atoms with E-state index in [9.17, 15) is 0 Å². The molecule has 0 unspecified atom stereocenters. The average molecular weight is 444 g/mol. The van der Waals surface area contributed by atoms with Gasteiger partial charge in [-0.3, -0.25) is 0 Å². The molecule has 1 fully saturated rings. The topological polar surface area (TPSA) is 71.2 Å². The fourth-order valence-corrected chi connectivity index (χ4v) is 4.81. The number of rotatable bonds is 8. The third kappa shape index (κ3) is 4.36. The Morgan fingerprint density at radius 2 is 1.64 bits per heavy atom. The summed E-state index contributed by atoms with van der Waals surface area (Å²) in [5, 5.41) is 8.76. The minimum atomic E-state index is 0.423. The van der Waals surface area contributed by atoms with E-state index < -0.39 is 0 Å². The first-order chi connectivity index (χ1) is 16.2. The van der Waals surface area contributed by atoms with Crippen LogP contribution in [0.25, 0.3) is 28.1 Å². The Labute approximate surface area is 195 Å². The predicted octanol–water partition coefficient (Wildman–Crippen LogP) is 5.63. The molecule has 0 bridgehead atoms. The molecule has 5 rings (SSSR count). The molecule has 33 heavy (non-hydrogen) atoms. The van der Waals surface area contributed by atoms with E-state index in [1.165, 1.54) is 12.8 Å². The zero-order valence-corrected chi connectivity index (χ0v) is 19.9. The molecule has 0 atom stereocenters. The van der Waals surface area contributed by atoms with Crippen molar-refractivity contribution in [1.82, 2.24) is 24.6 Å². The van der Waals surface area contributed by atoms with Gasteiger partial charge in [-0.2, -0.15) is 9.61 Å². The van der Waals surface area contributed by atoms with E-state index in [0.717, 1.165) is 84.2 Å². The lowest BCUT2D eigenvalue weighted by Crippen LogP contribution is -2.23. The molecular weight excluding hydrogens is 410 g/mol. The van der Waals surface area contributed by atoms with Crippen LogP contribution in [0.2, 0.25) is 0 Å². The highest BCUT2D eigenvalue weighted by atomic mass is 15.3. The summed E-state index contributed by atoms with van der Waals surface area (Å²) in [4.78, 5) is 17.0. The van der Waals surface area contributed by atoms with Gasteiger partial charge in [-0.05, 0) is 44.7 Å². The second-order valence-electron chi connectivity index (χ2n) is 9.06. The van der Waals surface area contributed by atoms with Gasteiger partial charge in [0.25, 0.3) is 0 Å². The molecule has 3 aromatic heterocycles. The lowest BCUT2D eigenvalue weighted by atomic mass is 10.1. The maximum Gasteiger partial charge on any atom is 0.160 e. The molecule has 1 aliphatic heterocycles. The summed E-state index contributed by atoms with van der Waals surface area (Å²) < 4.78 is 1.95. The summed E-state index contributed by atoms with van der Waals surface area (Å²) in [5.41, 5.74) is 5.12. The summed E-state index contributed by atoms with van der Waals surface area (Å²) in [6, 6.07) is 12.6. The predicted molar refractivity (Wildman–Crippen MR) is 135 cm³/mol. The van der Waals surface area contributed by atoms with E-state index in [0.29, 0.717) is 6.04 Å². The fourth-order valence-electron chi connectivity index (χ4n) is 4.81. The van der Waals surface area contributed by atoms with E-state index in [4.69, 9.17) is 20.1 Å². The van der Waals surface area contributed by atoms with Gasteiger partial charge in [0.05, 0.1) is 16.7 Å². The van der Waals surface area contributed by atoms with Gasteiger partial charge in [-0.25, -0.2) is 15.0 Å². The number of benzene rings is 1. The molecule has 7 heteroatoms. The van der Waals surface area contributed by atoms with E-state index in [1.807, 2.05) is 41.8 Å². The van der Waals surface area contributed by atoms with Crippen molar-refractivity contribution >= 4 is 28.3 Å². The van der Waals surface area contributed by atoms with Crippen LogP contribution in [0, 0.1) is 6.92 Å². The van der Waals surface area contributed by atoms with Crippen molar-refractivity contribution < 1.29 is 0 Å². The number of fused-ring (bicyclic) bond motifs is 2. The Kier molecular flexibility index (Phi) is 6.11. The van der Waals surface area contributed by atoms with Crippen LogP contribution >= 0.6 is 0 Å². The maximum atomic E-state index is 4.99. The molecule has 4 heterocycles. The second kappa shape index (κ2) is 9.33. The van der Waals surface area contributed by atoms with Crippen molar-refractivity contribution in [3.8, 4) is 11.4 Å². The molecule has 1 N–H and O–H groups in total. The minimum absolute atomic E-state index is 0.423. The molecule has 1 saturated heterocycles. The monoisotopic (exact) mass is 443 g/mol. The Bertz CT molecular complexity index is 1250. The fraction of sp³-hybridized carbons (Fsp3) is 0.462. The van der Waals surface area contributed by atoms with Crippen molar-refractivity contribution in [2.24, 2.45) is 0 Å². The van der Waals surface area contributed by atoms with E-state index >= 15 is 0 Å². The minimum Gasteiger partial charge on any atom is -0.367 e. The van der Waals surface area contributed by atoms with Crippen LogP contribution in [0.4, 0.5) is 11.6 Å². The van der Waals surface area contributed by atoms with E-state index in [2.05, 4.69) is 30.1 Å². The highest BCUT2D eigenvalue weighted by molar-refractivity contribution is 5.78. The number of anilines is 2. The number of aromatic nitrogens is 5. The zero-order chi connectivity index (χ0) is 22.8. The van der Waals surface area contributed by atoms with Crippen LogP contribution in [0.15, 0.2) is 36.4 Å². The number of hydrogen-bond donors (Lipinski definition) is 1. The highest BCUT2D eigenvalue weighted by Gasteiger charge is 2.20. The van der Waals surface area contributed by atoms with Crippen molar-refractivity contribution in [1.29, 1.82) is 0 Å². The quantitative estimate of drug-likeness (QED) is 0.381. The summed E-state index contributed by atoms with van der Waals surface area (Å²) in [6.45, 7) is 8.61. The van der Waals surface area contributed by atoms with Crippen LogP contribution in [0.1, 0.15) is 58.1 Å². The smallest absolute Gasteiger partial charge is 0.160 e. The van der Waals surface area contributed by atoms with Crippen LogP contribution in [0.5, 0.6) is 0 Å². The van der Waals surface area contributed by atoms with Crippen molar-refractivity contribution in [2.75, 3.05) is 23.3 Å². The van der Waals surface area contributed by atoms with Gasteiger partial charge in [0.2, 0.25) is 0 Å². The summed E-state index contributed by atoms with van der Waals surface area (Å²) in [7, 11) is 0. The molecule has 0 aliphatic carbocycles. The normalized spacial score (nSPS) is 14.1. The van der Waals surface area contributed by atoms with E-state index in [-0.39, 0.29) is 0 Å². The number of para-hydroxylation sites is 2. The van der Waals surface area contributed by atoms with Crippen LogP contribution in [-0.2, 0) is 0 Å². The number of aryl methyl sites for hydroxylation is 1. The van der Waals surface area contributed by atoms with Crippen molar-refractivity contribution in [2.45, 2.75) is 65.3 Å². The molecule has 172 valence electrons. The molecular formula is C26H33N7. The van der Waals surface area contributed by atoms with Crippen molar-refractivity contribution in [3.05, 3.63) is 42.1 Å². The van der Waals surface area contributed by atoms with Gasteiger partial charge in [0.1, 0.15) is 23.0 Å². The third-order valence-electron chi connectivity index (χ3n) is 6.46. The van der Waals surface area contributed by atoms with Crippen LogP contribution < -0.4 is 10.2 Å². The Hall–Kier alpha value is -3.22. The first-order valence-corrected chi connectivity index (χ1v) is 12.3. The van der Waals surface area contributed by atoms with E-state index in [1.54, 1.807) is 0 Å². The number of nitrogens with one attached hydrogen (secondary N) is 1. The molecule has 7 nitrogen and oxygen atoms in total. The van der Waals surface area contributed by atoms with Gasteiger partial charge in [0.15, 0.2) is 5.65 Å². The van der Waals surface area contributed by atoms with Gasteiger partial charge in [0, 0.05) is 31.3 Å². The Morgan fingerprint density at radius 3 is 2.33 bits per heavy atom. The molecule has 1 aromatic carbocycles. The Balaban J connectivity index is 1.61. The van der Waals surface area contributed by atoms with Gasteiger partial charge < -0.3 is 10.2 Å². The largest absolute Gasteiger partial charge is 0.367 e. The lowest BCUT2D eigenvalue weighted by molar-refractivity contribution is 0.582. The first-order valence-electron chi connectivity index (χ1n) is 12.3. The molecule has 1 aliphatic rings.